The summed E-state index contributed by atoms with van der Waals surface area (Å²) in [4.78, 5) is 32.9. The van der Waals surface area contributed by atoms with Gasteiger partial charge in [0.05, 0.1) is 5.56 Å². The Morgan fingerprint density at radius 3 is 2.81 bits per heavy atom. The molecule has 0 aromatic carbocycles. The Hall–Kier alpha value is -2.38. The first-order valence-corrected chi connectivity index (χ1v) is 9.61. The van der Waals surface area contributed by atoms with Crippen LogP contribution in [-0.2, 0) is 6.54 Å². The molecule has 0 atom stereocenters. The summed E-state index contributed by atoms with van der Waals surface area (Å²) in [5, 5.41) is 3.68. The number of amides is 1. The van der Waals surface area contributed by atoms with Crippen molar-refractivity contribution < 1.29 is 4.79 Å². The van der Waals surface area contributed by atoms with E-state index in [1.807, 2.05) is 19.1 Å². The third kappa shape index (κ3) is 4.67. The van der Waals surface area contributed by atoms with Crippen molar-refractivity contribution in [3.05, 3.63) is 46.5 Å². The van der Waals surface area contributed by atoms with Gasteiger partial charge in [0.25, 0.3) is 11.5 Å². The topological polar surface area (TPSA) is 73.4 Å². The standard InChI is InChI=1S/C20H29N5O2/c1-3-4-10-25-15-17(16-6-8-21-18(16)20(25)27)19(26)22-7-5-9-24-13-11-23(2)12-14-24/h3-4,6,8,15,21H,5,7,9-14H2,1-2H3,(H,22,26). The van der Waals surface area contributed by atoms with Crippen molar-refractivity contribution >= 4 is 16.8 Å². The summed E-state index contributed by atoms with van der Waals surface area (Å²) >= 11 is 0. The molecule has 1 aliphatic heterocycles. The number of likely N-dealkylation sites (N-methyl/N-ethyl adjacent to an activating group) is 1. The van der Waals surface area contributed by atoms with Crippen LogP contribution in [0.25, 0.3) is 10.9 Å². The van der Waals surface area contributed by atoms with Crippen molar-refractivity contribution in [2.24, 2.45) is 0 Å². The highest BCUT2D eigenvalue weighted by Crippen LogP contribution is 2.14. The summed E-state index contributed by atoms with van der Waals surface area (Å²) in [5.74, 6) is -0.132. The van der Waals surface area contributed by atoms with Crippen LogP contribution >= 0.6 is 0 Å². The maximum absolute atomic E-state index is 12.7. The molecule has 3 heterocycles. The van der Waals surface area contributed by atoms with Crippen LogP contribution in [0.15, 0.2) is 35.4 Å². The van der Waals surface area contributed by atoms with Crippen LogP contribution in [0.3, 0.4) is 0 Å². The number of aromatic amines is 1. The summed E-state index contributed by atoms with van der Waals surface area (Å²) in [5.41, 5.74) is 0.902. The van der Waals surface area contributed by atoms with E-state index in [-0.39, 0.29) is 11.5 Å². The summed E-state index contributed by atoms with van der Waals surface area (Å²) < 4.78 is 1.57. The average molecular weight is 371 g/mol. The first kappa shape index (κ1) is 19.4. The van der Waals surface area contributed by atoms with Crippen LogP contribution in [0.2, 0.25) is 0 Å². The molecule has 146 valence electrons. The number of nitrogens with one attached hydrogen (secondary N) is 2. The van der Waals surface area contributed by atoms with Crippen LogP contribution in [0.4, 0.5) is 0 Å². The summed E-state index contributed by atoms with van der Waals surface area (Å²) in [6.45, 7) is 8.37. The molecule has 27 heavy (non-hydrogen) atoms. The Balaban J connectivity index is 1.62. The molecule has 1 amide bonds. The molecule has 0 bridgehead atoms. The molecule has 7 heteroatoms. The molecule has 1 aliphatic rings. The number of fused-ring (bicyclic) bond motifs is 1. The van der Waals surface area contributed by atoms with E-state index in [0.717, 1.165) is 39.1 Å². The lowest BCUT2D eigenvalue weighted by atomic mass is 10.1. The van der Waals surface area contributed by atoms with Gasteiger partial charge in [-0.3, -0.25) is 9.59 Å². The van der Waals surface area contributed by atoms with Crippen molar-refractivity contribution in [2.45, 2.75) is 19.9 Å². The Morgan fingerprint density at radius 2 is 2.07 bits per heavy atom. The average Bonchev–Trinajstić information content (AvgIpc) is 3.16. The highest BCUT2D eigenvalue weighted by molar-refractivity contribution is 6.05. The molecule has 2 aromatic rings. The van der Waals surface area contributed by atoms with E-state index in [2.05, 4.69) is 27.1 Å². The van der Waals surface area contributed by atoms with Gasteiger partial charge in [0.1, 0.15) is 5.52 Å². The molecule has 3 rings (SSSR count). The first-order valence-electron chi connectivity index (χ1n) is 9.61. The molecule has 0 unspecified atom stereocenters. The van der Waals surface area contributed by atoms with E-state index >= 15 is 0 Å². The smallest absolute Gasteiger partial charge is 0.275 e. The Morgan fingerprint density at radius 1 is 1.30 bits per heavy atom. The van der Waals surface area contributed by atoms with Gasteiger partial charge in [0.15, 0.2) is 0 Å². The van der Waals surface area contributed by atoms with Gasteiger partial charge < -0.3 is 24.7 Å². The van der Waals surface area contributed by atoms with Crippen LogP contribution < -0.4 is 10.9 Å². The minimum atomic E-state index is -0.132. The van der Waals surface area contributed by atoms with Crippen molar-refractivity contribution in [3.8, 4) is 0 Å². The van der Waals surface area contributed by atoms with Gasteiger partial charge in [-0.1, -0.05) is 12.2 Å². The molecule has 0 aliphatic carbocycles. The van der Waals surface area contributed by atoms with Gasteiger partial charge in [-0.15, -0.1) is 0 Å². The highest BCUT2D eigenvalue weighted by Gasteiger charge is 2.16. The molecule has 0 spiro atoms. The van der Waals surface area contributed by atoms with Gasteiger partial charge >= 0.3 is 0 Å². The monoisotopic (exact) mass is 371 g/mol. The maximum Gasteiger partial charge on any atom is 0.275 e. The van der Waals surface area contributed by atoms with Crippen molar-refractivity contribution in [2.75, 3.05) is 46.3 Å². The quantitative estimate of drug-likeness (QED) is 0.568. The molecule has 1 saturated heterocycles. The first-order chi connectivity index (χ1) is 13.1. The second-order valence-electron chi connectivity index (χ2n) is 7.09. The largest absolute Gasteiger partial charge is 0.357 e. The Labute approximate surface area is 159 Å². The Kier molecular flexibility index (Phi) is 6.47. The molecule has 2 aromatic heterocycles. The minimum absolute atomic E-state index is 0.111. The number of nitrogens with zero attached hydrogens (tertiary/aromatic N) is 3. The number of carbonyl (C=O) groups is 1. The second-order valence-corrected chi connectivity index (χ2v) is 7.09. The molecular weight excluding hydrogens is 342 g/mol. The van der Waals surface area contributed by atoms with Crippen molar-refractivity contribution in [1.29, 1.82) is 0 Å². The second kappa shape index (κ2) is 9.01. The lowest BCUT2D eigenvalue weighted by molar-refractivity contribution is 0.0950. The number of H-pyrrole nitrogens is 1. The van der Waals surface area contributed by atoms with Gasteiger partial charge in [-0.25, -0.2) is 0 Å². The molecule has 1 fully saturated rings. The Bertz CT molecular complexity index is 859. The van der Waals surface area contributed by atoms with Crippen LogP contribution in [-0.4, -0.2) is 71.6 Å². The minimum Gasteiger partial charge on any atom is -0.357 e. The number of allylic oxidation sites excluding steroid dienone is 2. The number of piperazine rings is 1. The van der Waals surface area contributed by atoms with Crippen LogP contribution in [0, 0.1) is 0 Å². The van der Waals surface area contributed by atoms with E-state index in [0.29, 0.717) is 29.6 Å². The van der Waals surface area contributed by atoms with E-state index < -0.39 is 0 Å². The third-order valence-corrected chi connectivity index (χ3v) is 5.11. The van der Waals surface area contributed by atoms with Crippen LogP contribution in [0.5, 0.6) is 0 Å². The summed E-state index contributed by atoms with van der Waals surface area (Å²) in [7, 11) is 2.15. The van der Waals surface area contributed by atoms with Gasteiger partial charge in [-0.2, -0.15) is 0 Å². The van der Waals surface area contributed by atoms with Gasteiger partial charge in [0.2, 0.25) is 0 Å². The zero-order chi connectivity index (χ0) is 19.2. The fourth-order valence-electron chi connectivity index (χ4n) is 3.41. The third-order valence-electron chi connectivity index (χ3n) is 5.11. The maximum atomic E-state index is 12.7. The lowest BCUT2D eigenvalue weighted by Gasteiger charge is -2.32. The number of hydrogen-bond acceptors (Lipinski definition) is 4. The zero-order valence-corrected chi connectivity index (χ0v) is 16.2. The predicted octanol–water partition coefficient (Wildman–Crippen LogP) is 1.27. The summed E-state index contributed by atoms with van der Waals surface area (Å²) in [6, 6.07) is 1.79. The molecule has 2 N–H and O–H groups in total. The lowest BCUT2D eigenvalue weighted by Crippen LogP contribution is -2.45. The number of hydrogen-bond donors (Lipinski definition) is 2. The number of aromatic nitrogens is 2. The fourth-order valence-corrected chi connectivity index (χ4v) is 3.41. The van der Waals surface area contributed by atoms with Gasteiger partial charge in [0, 0.05) is 57.0 Å². The highest BCUT2D eigenvalue weighted by atomic mass is 16.2. The zero-order valence-electron chi connectivity index (χ0n) is 16.2. The fraction of sp³-hybridized carbons (Fsp3) is 0.500. The van der Waals surface area contributed by atoms with Crippen LogP contribution in [0.1, 0.15) is 23.7 Å². The van der Waals surface area contributed by atoms with E-state index in [9.17, 15) is 9.59 Å². The van der Waals surface area contributed by atoms with E-state index in [1.165, 1.54) is 0 Å². The summed E-state index contributed by atoms with van der Waals surface area (Å²) in [6.07, 6.45) is 8.08. The molecule has 7 nitrogen and oxygen atoms in total. The van der Waals surface area contributed by atoms with E-state index in [4.69, 9.17) is 0 Å². The molecule has 0 radical (unpaired) electrons. The van der Waals surface area contributed by atoms with Crippen molar-refractivity contribution in [3.63, 3.8) is 0 Å². The SMILES string of the molecule is CC=CCn1cc(C(=O)NCCCN2CCN(C)CC2)c2cc[nH]c2c1=O. The van der Waals surface area contributed by atoms with Gasteiger partial charge in [-0.05, 0) is 33.0 Å². The number of carbonyl (C=O) groups excluding carboxylic acids is 1. The molecular formula is C20H29N5O2. The number of pyridine rings is 1. The number of rotatable bonds is 7. The normalized spacial score (nSPS) is 16.4. The molecule has 0 saturated carbocycles. The van der Waals surface area contributed by atoms with Crippen molar-refractivity contribution in [1.82, 2.24) is 24.7 Å². The van der Waals surface area contributed by atoms with E-state index in [1.54, 1.807) is 23.0 Å². The predicted molar refractivity (Wildman–Crippen MR) is 108 cm³/mol.